The van der Waals surface area contributed by atoms with E-state index in [1.807, 2.05) is 48.3 Å². The van der Waals surface area contributed by atoms with Crippen molar-refractivity contribution in [3.05, 3.63) is 52.8 Å². The zero-order valence-corrected chi connectivity index (χ0v) is 15.2. The Kier molecular flexibility index (Phi) is 6.82. The van der Waals surface area contributed by atoms with Crippen LogP contribution in [-0.2, 0) is 11.3 Å². The van der Waals surface area contributed by atoms with E-state index in [0.29, 0.717) is 24.5 Å². The van der Waals surface area contributed by atoms with E-state index in [-0.39, 0.29) is 18.0 Å². The zero-order chi connectivity index (χ0) is 17.5. The van der Waals surface area contributed by atoms with Crippen molar-refractivity contribution in [1.29, 1.82) is 0 Å². The Balaban J connectivity index is 1.69. The molecule has 0 aliphatic carbocycles. The normalized spacial score (nSPS) is 13.5. The molecule has 0 spiro atoms. The summed E-state index contributed by atoms with van der Waals surface area (Å²) in [4.78, 5) is 11.9. The second-order valence-electron chi connectivity index (χ2n) is 6.10. The first-order valence-electron chi connectivity index (χ1n) is 8.21. The van der Waals surface area contributed by atoms with Gasteiger partial charge < -0.3 is 10.6 Å². The van der Waals surface area contributed by atoms with Crippen LogP contribution >= 0.6 is 11.6 Å². The van der Waals surface area contributed by atoms with Gasteiger partial charge in [-0.2, -0.15) is 5.10 Å². The first kappa shape index (κ1) is 18.5. The lowest BCUT2D eigenvalue weighted by Crippen LogP contribution is -2.36. The highest BCUT2D eigenvalue weighted by Gasteiger charge is 2.14. The van der Waals surface area contributed by atoms with Crippen LogP contribution in [0.15, 0.2) is 36.7 Å². The van der Waals surface area contributed by atoms with Gasteiger partial charge in [-0.3, -0.25) is 9.48 Å². The van der Waals surface area contributed by atoms with Gasteiger partial charge in [0, 0.05) is 36.8 Å². The highest BCUT2D eigenvalue weighted by atomic mass is 35.5. The molecule has 0 bridgehead atoms. The molecular weight excluding hydrogens is 324 g/mol. The first-order valence-corrected chi connectivity index (χ1v) is 8.59. The summed E-state index contributed by atoms with van der Waals surface area (Å²) < 4.78 is 1.95. The van der Waals surface area contributed by atoms with E-state index in [0.717, 1.165) is 11.1 Å². The SMILES string of the molecule is Cc1cnn([C@H](C)[C@H](C)NCCC(=O)NCc2ccccc2Cl)c1. The van der Waals surface area contributed by atoms with Crippen LogP contribution in [0.4, 0.5) is 0 Å². The van der Waals surface area contributed by atoms with Gasteiger partial charge in [0.1, 0.15) is 0 Å². The average molecular weight is 349 g/mol. The van der Waals surface area contributed by atoms with E-state index < -0.39 is 0 Å². The number of aromatic nitrogens is 2. The smallest absolute Gasteiger partial charge is 0.221 e. The molecule has 24 heavy (non-hydrogen) atoms. The van der Waals surface area contributed by atoms with Crippen LogP contribution in [0.5, 0.6) is 0 Å². The maximum atomic E-state index is 11.9. The number of nitrogens with zero attached hydrogens (tertiary/aromatic N) is 2. The van der Waals surface area contributed by atoms with Gasteiger partial charge in [-0.15, -0.1) is 0 Å². The molecule has 2 N–H and O–H groups in total. The fourth-order valence-electron chi connectivity index (χ4n) is 2.39. The van der Waals surface area contributed by atoms with Crippen molar-refractivity contribution < 1.29 is 4.79 Å². The monoisotopic (exact) mass is 348 g/mol. The molecule has 0 saturated heterocycles. The number of benzene rings is 1. The van der Waals surface area contributed by atoms with E-state index in [1.165, 1.54) is 0 Å². The van der Waals surface area contributed by atoms with Crippen molar-refractivity contribution in [2.75, 3.05) is 6.54 Å². The van der Waals surface area contributed by atoms with Gasteiger partial charge in [0.2, 0.25) is 5.91 Å². The van der Waals surface area contributed by atoms with E-state index in [9.17, 15) is 4.79 Å². The molecule has 6 heteroatoms. The number of hydrogen-bond donors (Lipinski definition) is 2. The number of nitrogens with one attached hydrogen (secondary N) is 2. The second-order valence-corrected chi connectivity index (χ2v) is 6.51. The summed E-state index contributed by atoms with van der Waals surface area (Å²) in [5.41, 5.74) is 2.07. The van der Waals surface area contributed by atoms with Crippen LogP contribution in [0.25, 0.3) is 0 Å². The predicted molar refractivity (Wildman–Crippen MR) is 97.1 cm³/mol. The molecule has 0 aliphatic rings. The second kappa shape index (κ2) is 8.85. The van der Waals surface area contributed by atoms with E-state index in [4.69, 9.17) is 11.6 Å². The molecule has 0 saturated carbocycles. The van der Waals surface area contributed by atoms with E-state index >= 15 is 0 Å². The van der Waals surface area contributed by atoms with Crippen LogP contribution in [0, 0.1) is 6.92 Å². The molecule has 0 fully saturated rings. The van der Waals surface area contributed by atoms with Gasteiger partial charge in [-0.1, -0.05) is 29.8 Å². The molecule has 130 valence electrons. The molecule has 0 unspecified atom stereocenters. The van der Waals surface area contributed by atoms with E-state index in [1.54, 1.807) is 0 Å². The number of hydrogen-bond acceptors (Lipinski definition) is 3. The summed E-state index contributed by atoms with van der Waals surface area (Å²) in [5.74, 6) is 0.0113. The van der Waals surface area contributed by atoms with Crippen molar-refractivity contribution in [2.45, 2.75) is 45.8 Å². The summed E-state index contributed by atoms with van der Waals surface area (Å²) in [6.45, 7) is 7.32. The maximum absolute atomic E-state index is 11.9. The van der Waals surface area contributed by atoms with Crippen molar-refractivity contribution in [1.82, 2.24) is 20.4 Å². The molecule has 2 rings (SSSR count). The third-order valence-electron chi connectivity index (χ3n) is 4.12. The largest absolute Gasteiger partial charge is 0.352 e. The third kappa shape index (κ3) is 5.35. The molecule has 2 atom stereocenters. The number of rotatable bonds is 8. The number of carbonyl (C=O) groups excluding carboxylic acids is 1. The summed E-state index contributed by atoms with van der Waals surface area (Å²) in [6, 6.07) is 7.97. The van der Waals surface area contributed by atoms with Gasteiger partial charge in [-0.25, -0.2) is 0 Å². The lowest BCUT2D eigenvalue weighted by atomic mass is 10.1. The zero-order valence-electron chi connectivity index (χ0n) is 14.4. The fraction of sp³-hybridized carbons (Fsp3) is 0.444. The van der Waals surface area contributed by atoms with Gasteiger partial charge >= 0.3 is 0 Å². The third-order valence-corrected chi connectivity index (χ3v) is 4.49. The maximum Gasteiger partial charge on any atom is 0.221 e. The topological polar surface area (TPSA) is 59.0 Å². The Morgan fingerprint density at radius 1 is 1.33 bits per heavy atom. The van der Waals surface area contributed by atoms with Crippen molar-refractivity contribution in [3.63, 3.8) is 0 Å². The van der Waals surface area contributed by atoms with Crippen LogP contribution in [0.1, 0.15) is 37.4 Å². The molecule has 1 amide bonds. The number of halogens is 1. The Morgan fingerprint density at radius 2 is 2.08 bits per heavy atom. The first-order chi connectivity index (χ1) is 11.5. The Morgan fingerprint density at radius 3 is 2.75 bits per heavy atom. The molecule has 1 aromatic carbocycles. The summed E-state index contributed by atoms with van der Waals surface area (Å²) in [5, 5.41) is 11.3. The van der Waals surface area contributed by atoms with E-state index in [2.05, 4.69) is 29.6 Å². The molecule has 2 aromatic rings. The van der Waals surface area contributed by atoms with Gasteiger partial charge in [0.05, 0.1) is 12.2 Å². The van der Waals surface area contributed by atoms with Gasteiger partial charge in [0.15, 0.2) is 0 Å². The minimum absolute atomic E-state index is 0.0113. The molecule has 1 aromatic heterocycles. The van der Waals surface area contributed by atoms with Crippen molar-refractivity contribution in [3.8, 4) is 0 Å². The fourth-order valence-corrected chi connectivity index (χ4v) is 2.60. The predicted octanol–water partition coefficient (Wildman–Crippen LogP) is 3.09. The average Bonchev–Trinajstić information content (AvgIpc) is 2.99. The minimum Gasteiger partial charge on any atom is -0.352 e. The summed E-state index contributed by atoms with van der Waals surface area (Å²) >= 11 is 6.08. The van der Waals surface area contributed by atoms with Gasteiger partial charge in [-0.05, 0) is 38.0 Å². The Labute approximate surface area is 148 Å². The van der Waals surface area contributed by atoms with Crippen LogP contribution in [-0.4, -0.2) is 28.3 Å². The van der Waals surface area contributed by atoms with Crippen LogP contribution < -0.4 is 10.6 Å². The lowest BCUT2D eigenvalue weighted by Gasteiger charge is -2.21. The quantitative estimate of drug-likeness (QED) is 0.770. The Bertz CT molecular complexity index is 671. The minimum atomic E-state index is 0.0113. The van der Waals surface area contributed by atoms with Crippen LogP contribution in [0.2, 0.25) is 5.02 Å². The standard InChI is InChI=1S/C18H25ClN4O/c1-13-10-22-23(12-13)15(3)14(2)20-9-8-18(24)21-11-16-6-4-5-7-17(16)19/h4-7,10,12,14-15,20H,8-9,11H2,1-3H3,(H,21,24)/t14-,15+/m0/s1. The summed E-state index contributed by atoms with van der Waals surface area (Å²) in [6.07, 6.45) is 4.31. The number of aryl methyl sites for hydroxylation is 1. The molecule has 1 heterocycles. The van der Waals surface area contributed by atoms with Gasteiger partial charge in [0.25, 0.3) is 0 Å². The highest BCUT2D eigenvalue weighted by molar-refractivity contribution is 6.31. The van der Waals surface area contributed by atoms with Crippen molar-refractivity contribution >= 4 is 17.5 Å². The molecule has 0 radical (unpaired) electrons. The lowest BCUT2D eigenvalue weighted by molar-refractivity contribution is -0.121. The molecular formula is C18H25ClN4O. The summed E-state index contributed by atoms with van der Waals surface area (Å²) in [7, 11) is 0. The van der Waals surface area contributed by atoms with Crippen LogP contribution in [0.3, 0.4) is 0 Å². The van der Waals surface area contributed by atoms with Crippen molar-refractivity contribution in [2.24, 2.45) is 0 Å². The number of carbonyl (C=O) groups is 1. The Hall–Kier alpha value is -1.85. The highest BCUT2D eigenvalue weighted by Crippen LogP contribution is 2.14. The number of amides is 1. The molecule has 0 aliphatic heterocycles. The molecule has 5 nitrogen and oxygen atoms in total.